The average Bonchev–Trinajstić information content (AvgIpc) is 3.35. The lowest BCUT2D eigenvalue weighted by Gasteiger charge is -2.34. The van der Waals surface area contributed by atoms with Gasteiger partial charge < -0.3 is 14.6 Å². The molecule has 5 heterocycles. The molecule has 0 amide bonds. The Bertz CT molecular complexity index is 1270. The van der Waals surface area contributed by atoms with E-state index in [9.17, 15) is 4.79 Å². The van der Waals surface area contributed by atoms with Crippen molar-refractivity contribution in [3.63, 3.8) is 0 Å². The number of ether oxygens (including phenoxy) is 1. The number of aromatic amines is 1. The normalized spacial score (nSPS) is 19.6. The summed E-state index contributed by atoms with van der Waals surface area (Å²) in [6.07, 6.45) is 7.38. The van der Waals surface area contributed by atoms with Crippen LogP contribution < -0.4 is 4.90 Å². The van der Waals surface area contributed by atoms with E-state index in [-0.39, 0.29) is 17.9 Å². The van der Waals surface area contributed by atoms with Crippen LogP contribution in [0, 0.1) is 5.92 Å². The van der Waals surface area contributed by atoms with E-state index in [0.717, 1.165) is 47.2 Å². The van der Waals surface area contributed by atoms with Crippen LogP contribution in [0.4, 0.5) is 5.82 Å². The molecule has 1 N–H and O–H groups in total. The smallest absolute Gasteiger partial charge is 0.235 e. The van der Waals surface area contributed by atoms with E-state index in [1.54, 1.807) is 10.8 Å². The topological polar surface area (TPSA) is 88.9 Å². The van der Waals surface area contributed by atoms with Gasteiger partial charge in [0.1, 0.15) is 11.5 Å². The summed E-state index contributed by atoms with van der Waals surface area (Å²) in [4.78, 5) is 32.6. The molecule has 1 saturated heterocycles. The molecule has 8 heteroatoms. The van der Waals surface area contributed by atoms with Crippen molar-refractivity contribution in [2.24, 2.45) is 5.92 Å². The maximum atomic E-state index is 12.9. The maximum absolute atomic E-state index is 12.9. The number of carbonyl (C=O) groups is 1. The molecule has 2 aliphatic rings. The third-order valence-electron chi connectivity index (χ3n) is 6.03. The van der Waals surface area contributed by atoms with E-state index in [2.05, 4.69) is 21.8 Å². The summed E-state index contributed by atoms with van der Waals surface area (Å²) in [6, 6.07) is 6.07. The lowest BCUT2D eigenvalue weighted by atomic mass is 10.1. The quantitative estimate of drug-likeness (QED) is 0.566. The zero-order chi connectivity index (χ0) is 20.2. The van der Waals surface area contributed by atoms with Crippen LogP contribution in [0.2, 0.25) is 0 Å². The van der Waals surface area contributed by atoms with Crippen LogP contribution in [0.15, 0.2) is 36.8 Å². The SMILES string of the molecule is CC1COCCN1c1nc(-c2ccnc3[nH]ccc23)nc2c1ccn2C(=O)C1CC1. The van der Waals surface area contributed by atoms with Crippen molar-refractivity contribution in [2.75, 3.05) is 24.7 Å². The van der Waals surface area contributed by atoms with Gasteiger partial charge in [-0.05, 0) is 38.0 Å². The summed E-state index contributed by atoms with van der Waals surface area (Å²) in [5.41, 5.74) is 2.37. The van der Waals surface area contributed by atoms with Gasteiger partial charge in [-0.1, -0.05) is 0 Å². The Hall–Kier alpha value is -3.26. The summed E-state index contributed by atoms with van der Waals surface area (Å²) in [7, 11) is 0. The minimum atomic E-state index is 0.113. The number of hydrogen-bond donors (Lipinski definition) is 1. The maximum Gasteiger partial charge on any atom is 0.235 e. The van der Waals surface area contributed by atoms with Crippen molar-refractivity contribution in [3.8, 4) is 11.4 Å². The van der Waals surface area contributed by atoms with Crippen LogP contribution in [-0.4, -0.2) is 56.2 Å². The largest absolute Gasteiger partial charge is 0.377 e. The van der Waals surface area contributed by atoms with Crippen molar-refractivity contribution in [1.82, 2.24) is 24.5 Å². The summed E-state index contributed by atoms with van der Waals surface area (Å²) >= 11 is 0. The highest BCUT2D eigenvalue weighted by Gasteiger charge is 2.33. The summed E-state index contributed by atoms with van der Waals surface area (Å²) in [5.74, 6) is 1.69. The average molecular weight is 402 g/mol. The van der Waals surface area contributed by atoms with Gasteiger partial charge in [-0.15, -0.1) is 0 Å². The van der Waals surface area contributed by atoms with Crippen molar-refractivity contribution >= 4 is 33.8 Å². The van der Waals surface area contributed by atoms with E-state index in [0.29, 0.717) is 24.7 Å². The zero-order valence-corrected chi connectivity index (χ0v) is 16.7. The van der Waals surface area contributed by atoms with Crippen molar-refractivity contribution in [3.05, 3.63) is 36.8 Å². The Kier molecular flexibility index (Phi) is 3.89. The van der Waals surface area contributed by atoms with Crippen LogP contribution in [0.25, 0.3) is 33.5 Å². The van der Waals surface area contributed by atoms with E-state index in [4.69, 9.17) is 14.7 Å². The number of fused-ring (bicyclic) bond motifs is 2. The molecule has 1 unspecified atom stereocenters. The van der Waals surface area contributed by atoms with Crippen molar-refractivity contribution in [1.29, 1.82) is 0 Å². The number of H-pyrrole nitrogens is 1. The highest BCUT2D eigenvalue weighted by Crippen LogP contribution is 2.35. The van der Waals surface area contributed by atoms with Gasteiger partial charge in [0.15, 0.2) is 11.5 Å². The molecule has 1 atom stereocenters. The molecule has 1 aliphatic heterocycles. The highest BCUT2D eigenvalue weighted by atomic mass is 16.5. The Balaban J connectivity index is 1.60. The molecule has 8 nitrogen and oxygen atoms in total. The second-order valence-electron chi connectivity index (χ2n) is 8.12. The fraction of sp³-hybridized carbons (Fsp3) is 0.364. The fourth-order valence-electron chi connectivity index (χ4n) is 4.24. The van der Waals surface area contributed by atoms with Gasteiger partial charge in [-0.3, -0.25) is 9.36 Å². The number of aromatic nitrogens is 5. The first-order valence-electron chi connectivity index (χ1n) is 10.4. The standard InChI is InChI=1S/C22H22N6O2/c1-13-12-30-11-10-27(13)20-17-6-9-28(22(29)14-2-3-14)21(17)26-19(25-20)16-5-8-24-18-15(16)4-7-23-18/h4-9,13-14H,2-3,10-12H2,1H3,(H,23,24). The Morgan fingerprint density at radius 1 is 1.20 bits per heavy atom. The molecule has 0 spiro atoms. The number of pyridine rings is 1. The fourth-order valence-corrected chi connectivity index (χ4v) is 4.24. The first-order chi connectivity index (χ1) is 14.7. The third-order valence-corrected chi connectivity index (χ3v) is 6.03. The lowest BCUT2D eigenvalue weighted by molar-refractivity contribution is 0.0891. The predicted octanol–water partition coefficient (Wildman–Crippen LogP) is 3.25. The second kappa shape index (κ2) is 6.63. The number of hydrogen-bond acceptors (Lipinski definition) is 6. The van der Waals surface area contributed by atoms with E-state index >= 15 is 0 Å². The Morgan fingerprint density at radius 2 is 2.10 bits per heavy atom. The minimum absolute atomic E-state index is 0.113. The molecule has 0 radical (unpaired) electrons. The monoisotopic (exact) mass is 402 g/mol. The predicted molar refractivity (Wildman–Crippen MR) is 114 cm³/mol. The summed E-state index contributed by atoms with van der Waals surface area (Å²) < 4.78 is 7.34. The van der Waals surface area contributed by atoms with Crippen molar-refractivity contribution in [2.45, 2.75) is 25.8 Å². The van der Waals surface area contributed by atoms with Crippen LogP contribution in [0.1, 0.15) is 24.6 Å². The Morgan fingerprint density at radius 3 is 2.93 bits per heavy atom. The third kappa shape index (κ3) is 2.71. The zero-order valence-electron chi connectivity index (χ0n) is 16.7. The van der Waals surface area contributed by atoms with Crippen molar-refractivity contribution < 1.29 is 9.53 Å². The molecular weight excluding hydrogens is 380 g/mol. The van der Waals surface area contributed by atoms with Crippen LogP contribution in [0.3, 0.4) is 0 Å². The number of morpholine rings is 1. The first kappa shape index (κ1) is 17.6. The van der Waals surface area contributed by atoms with E-state index in [1.807, 2.05) is 30.6 Å². The molecular formula is C22H22N6O2. The molecule has 1 aliphatic carbocycles. The number of nitrogens with zero attached hydrogens (tertiary/aromatic N) is 5. The molecule has 1 saturated carbocycles. The molecule has 0 aromatic carbocycles. The number of anilines is 1. The Labute approximate surface area is 172 Å². The molecule has 4 aromatic rings. The summed E-state index contributed by atoms with van der Waals surface area (Å²) in [6.45, 7) is 4.20. The summed E-state index contributed by atoms with van der Waals surface area (Å²) in [5, 5.41) is 1.87. The second-order valence-corrected chi connectivity index (χ2v) is 8.12. The van der Waals surface area contributed by atoms with Gasteiger partial charge in [-0.25, -0.2) is 15.0 Å². The van der Waals surface area contributed by atoms with Crippen LogP contribution >= 0.6 is 0 Å². The lowest BCUT2D eigenvalue weighted by Crippen LogP contribution is -2.44. The van der Waals surface area contributed by atoms with Gasteiger partial charge in [0, 0.05) is 42.0 Å². The van der Waals surface area contributed by atoms with Crippen LogP contribution in [-0.2, 0) is 4.74 Å². The molecule has 2 fully saturated rings. The molecule has 30 heavy (non-hydrogen) atoms. The van der Waals surface area contributed by atoms with Gasteiger partial charge >= 0.3 is 0 Å². The van der Waals surface area contributed by atoms with Gasteiger partial charge in [-0.2, -0.15) is 0 Å². The van der Waals surface area contributed by atoms with Gasteiger partial charge in [0.05, 0.1) is 24.6 Å². The van der Waals surface area contributed by atoms with E-state index < -0.39 is 0 Å². The molecule has 152 valence electrons. The van der Waals surface area contributed by atoms with E-state index in [1.165, 1.54) is 0 Å². The minimum Gasteiger partial charge on any atom is -0.377 e. The molecule has 0 bridgehead atoms. The molecule has 6 rings (SSSR count). The highest BCUT2D eigenvalue weighted by molar-refractivity contribution is 5.99. The number of nitrogens with one attached hydrogen (secondary N) is 1. The number of rotatable bonds is 3. The number of carbonyl (C=O) groups excluding carboxylic acids is 1. The van der Waals surface area contributed by atoms with Gasteiger partial charge in [0.25, 0.3) is 0 Å². The molecule has 4 aromatic heterocycles. The van der Waals surface area contributed by atoms with Crippen LogP contribution in [0.5, 0.6) is 0 Å². The first-order valence-corrected chi connectivity index (χ1v) is 10.4. The van der Waals surface area contributed by atoms with Gasteiger partial charge in [0.2, 0.25) is 5.91 Å².